The van der Waals surface area contributed by atoms with Crippen LogP contribution < -0.4 is 9.47 Å². The normalized spacial score (nSPS) is 15.7. The first-order valence-corrected chi connectivity index (χ1v) is 13.1. The molecule has 0 unspecified atom stereocenters. The Balaban J connectivity index is 1.58. The maximum absolute atomic E-state index is 13.2. The lowest BCUT2D eigenvalue weighted by Gasteiger charge is -2.13. The smallest absolute Gasteiger partial charge is 0.266 e. The number of aliphatic imine (C=N–C) groups is 1. The van der Waals surface area contributed by atoms with Crippen molar-refractivity contribution in [2.45, 2.75) is 34.3 Å². The highest BCUT2D eigenvalue weighted by Crippen LogP contribution is 2.37. The van der Waals surface area contributed by atoms with Gasteiger partial charge in [-0.2, -0.15) is 0 Å². The lowest BCUT2D eigenvalue weighted by atomic mass is 10.1. The predicted molar refractivity (Wildman–Crippen MR) is 149 cm³/mol. The molecule has 0 N–H and O–H groups in total. The molecule has 0 aliphatic carbocycles. The monoisotopic (exact) mass is 520 g/mol. The molecule has 1 aliphatic heterocycles. The molecule has 3 aromatic rings. The van der Waals surface area contributed by atoms with Crippen molar-refractivity contribution in [2.75, 3.05) is 13.2 Å². The number of carbonyl (C=O) groups is 1. The van der Waals surface area contributed by atoms with Crippen LogP contribution in [0.25, 0.3) is 6.08 Å². The Labute approximate surface area is 221 Å². The Hall–Kier alpha value is -3.22. The molecule has 0 aromatic heterocycles. The topological polar surface area (TPSA) is 51.1 Å². The molecule has 1 amide bonds. The van der Waals surface area contributed by atoms with Crippen LogP contribution in [0.4, 0.5) is 5.69 Å². The van der Waals surface area contributed by atoms with E-state index in [0.717, 1.165) is 27.9 Å². The van der Waals surface area contributed by atoms with Crippen molar-refractivity contribution in [1.82, 2.24) is 4.90 Å². The number of amides is 1. The number of hydrogen-bond acceptors (Lipinski definition) is 5. The lowest BCUT2D eigenvalue weighted by Crippen LogP contribution is -2.28. The summed E-state index contributed by atoms with van der Waals surface area (Å²) in [5.41, 5.74) is 4.95. The number of nitrogens with zero attached hydrogens (tertiary/aromatic N) is 2. The fourth-order valence-corrected chi connectivity index (χ4v) is 5.02. The van der Waals surface area contributed by atoms with Crippen LogP contribution in [0.5, 0.6) is 11.5 Å². The van der Waals surface area contributed by atoms with E-state index in [1.807, 2.05) is 94.4 Å². The zero-order valence-electron chi connectivity index (χ0n) is 20.9. The van der Waals surface area contributed by atoms with E-state index < -0.39 is 0 Å². The number of halogens is 1. The number of amidine groups is 1. The van der Waals surface area contributed by atoms with Crippen LogP contribution in [-0.2, 0) is 11.4 Å². The van der Waals surface area contributed by atoms with Crippen LogP contribution >= 0.6 is 23.4 Å². The Morgan fingerprint density at radius 2 is 1.69 bits per heavy atom. The maximum atomic E-state index is 13.2. The molecule has 36 heavy (non-hydrogen) atoms. The van der Waals surface area contributed by atoms with Crippen molar-refractivity contribution in [1.29, 1.82) is 0 Å². The van der Waals surface area contributed by atoms with Gasteiger partial charge in [-0.15, -0.1) is 0 Å². The van der Waals surface area contributed by atoms with Gasteiger partial charge in [-0.3, -0.25) is 9.69 Å². The van der Waals surface area contributed by atoms with E-state index >= 15 is 0 Å². The summed E-state index contributed by atoms with van der Waals surface area (Å²) in [4.78, 5) is 20.4. The fraction of sp³-hybridized carbons (Fsp3) is 0.241. The van der Waals surface area contributed by atoms with Crippen molar-refractivity contribution in [3.8, 4) is 11.5 Å². The van der Waals surface area contributed by atoms with E-state index in [-0.39, 0.29) is 5.91 Å². The average molecular weight is 521 g/mol. The van der Waals surface area contributed by atoms with Gasteiger partial charge >= 0.3 is 0 Å². The summed E-state index contributed by atoms with van der Waals surface area (Å²) in [5.74, 6) is 1.23. The largest absolute Gasteiger partial charge is 0.490 e. The Morgan fingerprint density at radius 3 is 2.36 bits per heavy atom. The van der Waals surface area contributed by atoms with E-state index in [2.05, 4.69) is 0 Å². The highest BCUT2D eigenvalue weighted by Gasteiger charge is 2.32. The molecular weight excluding hydrogens is 492 g/mol. The average Bonchev–Trinajstić information content (AvgIpc) is 3.16. The fourth-order valence-electron chi connectivity index (χ4n) is 3.84. The second-order valence-electron chi connectivity index (χ2n) is 8.35. The minimum absolute atomic E-state index is 0.0477. The molecule has 1 fully saturated rings. The molecule has 1 saturated heterocycles. The first-order valence-electron chi connectivity index (χ1n) is 11.9. The third kappa shape index (κ3) is 5.94. The zero-order chi connectivity index (χ0) is 25.7. The van der Waals surface area contributed by atoms with Crippen LogP contribution in [0.1, 0.15) is 36.1 Å². The molecule has 0 radical (unpaired) electrons. The van der Waals surface area contributed by atoms with Crippen LogP contribution in [-0.4, -0.2) is 29.1 Å². The SMILES string of the molecule is CCOc1cc(/C=C2/SC(=Nc3c(C)cccc3C)N(CC)C2=O)ccc1OCc1ccc(Cl)cc1. The molecule has 3 aromatic carbocycles. The Morgan fingerprint density at radius 1 is 0.972 bits per heavy atom. The summed E-state index contributed by atoms with van der Waals surface area (Å²) >= 11 is 7.37. The maximum Gasteiger partial charge on any atom is 0.266 e. The second-order valence-corrected chi connectivity index (χ2v) is 9.79. The molecule has 0 spiro atoms. The molecule has 1 heterocycles. The summed E-state index contributed by atoms with van der Waals surface area (Å²) in [6.07, 6.45) is 1.88. The summed E-state index contributed by atoms with van der Waals surface area (Å²) in [6, 6.07) is 19.3. The van der Waals surface area contributed by atoms with Gasteiger partial charge in [0, 0.05) is 11.6 Å². The van der Waals surface area contributed by atoms with Gasteiger partial charge in [0.05, 0.1) is 17.2 Å². The number of benzene rings is 3. The number of thioether (sulfide) groups is 1. The number of carbonyl (C=O) groups excluding carboxylic acids is 1. The highest BCUT2D eigenvalue weighted by molar-refractivity contribution is 8.18. The van der Waals surface area contributed by atoms with Crippen LogP contribution in [0.3, 0.4) is 0 Å². The summed E-state index contributed by atoms with van der Waals surface area (Å²) < 4.78 is 11.9. The number of para-hydroxylation sites is 1. The van der Waals surface area contributed by atoms with Gasteiger partial charge in [0.15, 0.2) is 16.7 Å². The van der Waals surface area contributed by atoms with E-state index in [4.69, 9.17) is 26.1 Å². The minimum Gasteiger partial charge on any atom is -0.490 e. The van der Waals surface area contributed by atoms with E-state index in [9.17, 15) is 4.79 Å². The number of aryl methyl sites for hydroxylation is 2. The lowest BCUT2D eigenvalue weighted by molar-refractivity contribution is -0.122. The molecule has 1 aliphatic rings. The number of ether oxygens (including phenoxy) is 2. The molecule has 5 nitrogen and oxygen atoms in total. The quantitative estimate of drug-likeness (QED) is 0.287. The van der Waals surface area contributed by atoms with Gasteiger partial charge < -0.3 is 9.47 Å². The van der Waals surface area contributed by atoms with Crippen LogP contribution in [0.15, 0.2) is 70.6 Å². The van der Waals surface area contributed by atoms with Gasteiger partial charge in [0.25, 0.3) is 5.91 Å². The van der Waals surface area contributed by atoms with Gasteiger partial charge in [-0.05, 0) is 92.1 Å². The third-order valence-corrected chi connectivity index (χ3v) is 6.98. The van der Waals surface area contributed by atoms with Gasteiger partial charge in [-0.1, -0.05) is 48.0 Å². The van der Waals surface area contributed by atoms with Crippen molar-refractivity contribution in [3.05, 3.63) is 92.8 Å². The van der Waals surface area contributed by atoms with E-state index in [0.29, 0.717) is 46.4 Å². The third-order valence-electron chi connectivity index (χ3n) is 5.72. The van der Waals surface area contributed by atoms with E-state index in [1.54, 1.807) is 4.90 Å². The van der Waals surface area contributed by atoms with E-state index in [1.165, 1.54) is 11.8 Å². The molecule has 7 heteroatoms. The predicted octanol–water partition coefficient (Wildman–Crippen LogP) is 7.56. The zero-order valence-corrected chi connectivity index (χ0v) is 22.4. The Kier molecular flexibility index (Phi) is 8.39. The molecule has 0 atom stereocenters. The molecular formula is C29H29ClN2O3S. The first kappa shape index (κ1) is 25.9. The van der Waals surface area contributed by atoms with Crippen LogP contribution in [0.2, 0.25) is 5.02 Å². The van der Waals surface area contributed by atoms with Gasteiger partial charge in [-0.25, -0.2) is 4.99 Å². The van der Waals surface area contributed by atoms with Crippen molar-refractivity contribution >= 4 is 46.2 Å². The van der Waals surface area contributed by atoms with Crippen LogP contribution in [0, 0.1) is 13.8 Å². The highest BCUT2D eigenvalue weighted by atomic mass is 35.5. The van der Waals surface area contributed by atoms with Gasteiger partial charge in [0.2, 0.25) is 0 Å². The standard InChI is InChI=1S/C29H29ClN2O3S/c1-5-32-28(33)26(36-29(32)31-27-19(3)8-7-9-20(27)4)17-22-12-15-24(25(16-22)34-6-2)35-18-21-10-13-23(30)14-11-21/h7-17H,5-6,18H2,1-4H3/b26-17+,31-29?. The molecule has 4 rings (SSSR count). The molecule has 186 valence electrons. The van der Waals surface area contributed by atoms with Crippen molar-refractivity contribution in [2.24, 2.45) is 4.99 Å². The summed E-state index contributed by atoms with van der Waals surface area (Å²) in [7, 11) is 0. The number of rotatable bonds is 8. The number of hydrogen-bond donors (Lipinski definition) is 0. The first-order chi connectivity index (χ1) is 17.4. The molecule has 0 saturated carbocycles. The summed E-state index contributed by atoms with van der Waals surface area (Å²) in [6.45, 7) is 9.41. The van der Waals surface area contributed by atoms with Crippen molar-refractivity contribution in [3.63, 3.8) is 0 Å². The van der Waals surface area contributed by atoms with Gasteiger partial charge in [0.1, 0.15) is 6.61 Å². The second kappa shape index (κ2) is 11.7. The summed E-state index contributed by atoms with van der Waals surface area (Å²) in [5, 5.41) is 1.38. The van der Waals surface area contributed by atoms with Crippen molar-refractivity contribution < 1.29 is 14.3 Å². The minimum atomic E-state index is -0.0477. The Bertz CT molecular complexity index is 1300. The number of likely N-dealkylation sites (N-methyl/N-ethyl adjacent to an activating group) is 1. The molecule has 0 bridgehead atoms.